The quantitative estimate of drug-likeness (QED) is 0.311. The van der Waals surface area contributed by atoms with E-state index in [0.29, 0.717) is 22.1 Å². The molecule has 2 aliphatic rings. The number of ether oxygens (including phenoxy) is 1. The lowest BCUT2D eigenvalue weighted by Crippen LogP contribution is -2.40. The highest BCUT2D eigenvalue weighted by molar-refractivity contribution is 7.13. The fourth-order valence-corrected chi connectivity index (χ4v) is 6.96. The van der Waals surface area contributed by atoms with Gasteiger partial charge in [0.05, 0.1) is 13.2 Å². The van der Waals surface area contributed by atoms with Gasteiger partial charge in [-0.2, -0.15) is 0 Å². The van der Waals surface area contributed by atoms with E-state index in [1.54, 1.807) is 11.3 Å². The summed E-state index contributed by atoms with van der Waals surface area (Å²) in [5.41, 5.74) is 0.221. The average Bonchev–Trinajstić information content (AvgIpc) is 3.29. The van der Waals surface area contributed by atoms with E-state index < -0.39 is 0 Å². The van der Waals surface area contributed by atoms with E-state index in [1.807, 2.05) is 6.07 Å². The summed E-state index contributed by atoms with van der Waals surface area (Å²) in [5.74, 6) is 1.06. The molecule has 0 bridgehead atoms. The molecule has 0 spiro atoms. The number of hydrogen-bond donors (Lipinski definition) is 1. The second-order valence-electron chi connectivity index (χ2n) is 9.18. The van der Waals surface area contributed by atoms with Crippen LogP contribution in [-0.2, 0) is 11.2 Å². The Balaban J connectivity index is 1.41. The van der Waals surface area contributed by atoms with Gasteiger partial charge in [0.1, 0.15) is 4.88 Å². The summed E-state index contributed by atoms with van der Waals surface area (Å²) in [6, 6.07) is 3.92. The van der Waals surface area contributed by atoms with Gasteiger partial charge < -0.3 is 9.84 Å². The Hall–Kier alpha value is -0.580. The largest absolute Gasteiger partial charge is 0.465 e. The van der Waals surface area contributed by atoms with Crippen molar-refractivity contribution in [1.82, 2.24) is 0 Å². The highest BCUT2D eigenvalue weighted by atomic mass is 35.5. The fraction of sp³-hybridized carbons (Fsp3) is 0.792. The molecule has 4 atom stereocenters. The van der Waals surface area contributed by atoms with Gasteiger partial charge in [-0.15, -0.1) is 22.9 Å². The lowest BCUT2D eigenvalue weighted by molar-refractivity contribution is -0.0437. The van der Waals surface area contributed by atoms with Gasteiger partial charge in [-0.05, 0) is 93.6 Å². The Morgan fingerprint density at radius 3 is 2.76 bits per heavy atom. The van der Waals surface area contributed by atoms with Crippen molar-refractivity contribution in [3.63, 3.8) is 0 Å². The van der Waals surface area contributed by atoms with Crippen LogP contribution in [0.1, 0.15) is 92.1 Å². The van der Waals surface area contributed by atoms with Crippen LogP contribution < -0.4 is 0 Å². The minimum atomic E-state index is -0.240. The third-order valence-corrected chi connectivity index (χ3v) is 9.37. The molecular formula is C24H37ClO3S. The molecule has 1 aromatic heterocycles. The first-order chi connectivity index (χ1) is 14.0. The standard InChI is InChI=1S/C24H37ClO3S/c1-3-24(15-6-16-24)22(26)10-5-9-19-17(11-13-20(19)25)7-4-8-18-12-14-21(29-18)23(27)28-2/h12,14,17,19-20,22,26H,3-11,13,15-16H2,1-2H3/t17-,19+,20-,22?/m0/s1. The summed E-state index contributed by atoms with van der Waals surface area (Å²) < 4.78 is 4.79. The highest BCUT2D eigenvalue weighted by Crippen LogP contribution is 2.48. The van der Waals surface area contributed by atoms with Crippen molar-refractivity contribution in [3.05, 3.63) is 21.9 Å². The smallest absolute Gasteiger partial charge is 0.348 e. The van der Waals surface area contributed by atoms with Crippen LogP contribution in [-0.4, -0.2) is 29.7 Å². The molecule has 0 amide bonds. The van der Waals surface area contributed by atoms with Crippen LogP contribution >= 0.6 is 22.9 Å². The number of hydrogen-bond acceptors (Lipinski definition) is 4. The normalized spacial score (nSPS) is 26.8. The van der Waals surface area contributed by atoms with Crippen molar-refractivity contribution in [2.24, 2.45) is 17.3 Å². The van der Waals surface area contributed by atoms with Gasteiger partial charge in [0, 0.05) is 10.3 Å². The molecule has 2 fully saturated rings. The summed E-state index contributed by atoms with van der Waals surface area (Å²) in [6.45, 7) is 2.23. The SMILES string of the molecule is CCC1(C(O)CCC[C@@H]2[C@@H](CCCc3ccc(C(=O)OC)s3)CC[C@@H]2Cl)CCC1. The van der Waals surface area contributed by atoms with Crippen molar-refractivity contribution >= 4 is 28.9 Å². The molecule has 1 aromatic rings. The predicted octanol–water partition coefficient (Wildman–Crippen LogP) is 6.60. The molecule has 1 N–H and O–H groups in total. The lowest BCUT2D eigenvalue weighted by atomic mass is 9.62. The Morgan fingerprint density at radius 2 is 2.10 bits per heavy atom. The van der Waals surface area contributed by atoms with Crippen LogP contribution in [0.4, 0.5) is 0 Å². The number of aryl methyl sites for hydroxylation is 1. The third kappa shape index (κ3) is 5.57. The zero-order valence-electron chi connectivity index (χ0n) is 18.0. The van der Waals surface area contributed by atoms with Crippen LogP contribution in [0.25, 0.3) is 0 Å². The Labute approximate surface area is 185 Å². The van der Waals surface area contributed by atoms with Gasteiger partial charge in [0.2, 0.25) is 0 Å². The molecular weight excluding hydrogens is 404 g/mol. The topological polar surface area (TPSA) is 46.5 Å². The van der Waals surface area contributed by atoms with Gasteiger partial charge in [-0.1, -0.05) is 19.8 Å². The van der Waals surface area contributed by atoms with E-state index >= 15 is 0 Å². The zero-order valence-corrected chi connectivity index (χ0v) is 19.6. The van der Waals surface area contributed by atoms with Crippen LogP contribution in [0.3, 0.4) is 0 Å². The summed E-state index contributed by atoms with van der Waals surface area (Å²) in [5, 5.41) is 11.0. The van der Waals surface area contributed by atoms with E-state index in [-0.39, 0.29) is 17.5 Å². The maximum absolute atomic E-state index is 11.6. The summed E-state index contributed by atoms with van der Waals surface area (Å²) >= 11 is 8.23. The number of esters is 1. The van der Waals surface area contributed by atoms with Crippen LogP contribution in [0.15, 0.2) is 12.1 Å². The molecule has 0 aliphatic heterocycles. The van der Waals surface area contributed by atoms with Crippen LogP contribution in [0, 0.1) is 17.3 Å². The number of methoxy groups -OCH3 is 1. The molecule has 5 heteroatoms. The molecule has 2 aliphatic carbocycles. The van der Waals surface area contributed by atoms with Gasteiger partial charge in [0.25, 0.3) is 0 Å². The van der Waals surface area contributed by atoms with E-state index in [4.69, 9.17) is 16.3 Å². The minimum Gasteiger partial charge on any atom is -0.465 e. The first kappa shape index (κ1) is 23.1. The second-order valence-corrected chi connectivity index (χ2v) is 10.9. The van der Waals surface area contributed by atoms with Crippen molar-refractivity contribution in [2.75, 3.05) is 7.11 Å². The molecule has 3 nitrogen and oxygen atoms in total. The number of carbonyl (C=O) groups is 1. The Kier molecular flexibility index (Phi) is 8.47. The average molecular weight is 441 g/mol. The van der Waals surface area contributed by atoms with E-state index in [2.05, 4.69) is 13.0 Å². The highest BCUT2D eigenvalue weighted by Gasteiger charge is 2.41. The summed E-state index contributed by atoms with van der Waals surface area (Å²) in [7, 11) is 1.43. The van der Waals surface area contributed by atoms with Gasteiger partial charge >= 0.3 is 5.97 Å². The van der Waals surface area contributed by atoms with E-state index in [9.17, 15) is 9.90 Å². The van der Waals surface area contributed by atoms with E-state index in [0.717, 1.165) is 44.9 Å². The first-order valence-corrected chi connectivity index (χ1v) is 12.7. The first-order valence-electron chi connectivity index (χ1n) is 11.5. The lowest BCUT2D eigenvalue weighted by Gasteiger charge is -2.45. The number of carbonyl (C=O) groups excluding carboxylic acids is 1. The fourth-order valence-electron chi connectivity index (χ4n) is 5.54. The molecule has 3 rings (SSSR count). The van der Waals surface area contributed by atoms with Crippen molar-refractivity contribution in [3.8, 4) is 0 Å². The maximum atomic E-state index is 11.6. The van der Waals surface area contributed by atoms with E-state index in [1.165, 1.54) is 44.1 Å². The third-order valence-electron chi connectivity index (χ3n) is 7.70. The zero-order chi connectivity index (χ0) is 20.9. The molecule has 1 heterocycles. The van der Waals surface area contributed by atoms with Crippen molar-refractivity contribution in [2.45, 2.75) is 95.5 Å². The molecule has 164 valence electrons. The molecule has 0 aromatic carbocycles. The summed E-state index contributed by atoms with van der Waals surface area (Å²) in [4.78, 5) is 13.5. The van der Waals surface area contributed by atoms with Crippen LogP contribution in [0.2, 0.25) is 0 Å². The minimum absolute atomic E-state index is 0.127. The molecule has 0 saturated heterocycles. The number of alkyl halides is 1. The number of halogens is 1. The molecule has 0 radical (unpaired) electrons. The van der Waals surface area contributed by atoms with Crippen molar-refractivity contribution < 1.29 is 14.6 Å². The number of rotatable bonds is 11. The number of aliphatic hydroxyl groups excluding tert-OH is 1. The molecule has 29 heavy (non-hydrogen) atoms. The monoisotopic (exact) mass is 440 g/mol. The van der Waals surface area contributed by atoms with Gasteiger partial charge in [-0.25, -0.2) is 4.79 Å². The molecule has 1 unspecified atom stereocenters. The maximum Gasteiger partial charge on any atom is 0.348 e. The second kappa shape index (κ2) is 10.6. The van der Waals surface area contributed by atoms with Crippen LogP contribution in [0.5, 0.6) is 0 Å². The Bertz CT molecular complexity index is 649. The predicted molar refractivity (Wildman–Crippen MR) is 121 cm³/mol. The van der Waals surface area contributed by atoms with Crippen molar-refractivity contribution in [1.29, 1.82) is 0 Å². The Morgan fingerprint density at radius 1 is 1.31 bits per heavy atom. The van der Waals surface area contributed by atoms with Gasteiger partial charge in [-0.3, -0.25) is 0 Å². The number of aliphatic hydroxyl groups is 1. The number of thiophene rings is 1. The van der Waals surface area contributed by atoms with Gasteiger partial charge in [0.15, 0.2) is 0 Å². The molecule has 2 saturated carbocycles. The summed E-state index contributed by atoms with van der Waals surface area (Å²) in [6.07, 6.45) is 13.6.